The highest BCUT2D eigenvalue weighted by molar-refractivity contribution is 5.03. The molecule has 0 aromatic carbocycles. The Balaban J connectivity index is 1.53. The van der Waals surface area contributed by atoms with Gasteiger partial charge in [-0.15, -0.1) is 0 Å². The van der Waals surface area contributed by atoms with E-state index in [4.69, 9.17) is 9.51 Å². The summed E-state index contributed by atoms with van der Waals surface area (Å²) in [6.07, 6.45) is 9.83. The van der Waals surface area contributed by atoms with Crippen molar-refractivity contribution in [3.8, 4) is 0 Å². The molecule has 4 nitrogen and oxygen atoms in total. The van der Waals surface area contributed by atoms with Gasteiger partial charge < -0.3 is 9.84 Å². The summed E-state index contributed by atoms with van der Waals surface area (Å²) >= 11 is 0. The van der Waals surface area contributed by atoms with E-state index in [1.807, 2.05) is 0 Å². The summed E-state index contributed by atoms with van der Waals surface area (Å²) in [6, 6.07) is 0.694. The van der Waals surface area contributed by atoms with Crippen LogP contribution in [0.2, 0.25) is 0 Å². The maximum absolute atomic E-state index is 5.59. The van der Waals surface area contributed by atoms with Crippen molar-refractivity contribution in [3.05, 3.63) is 11.7 Å². The van der Waals surface area contributed by atoms with Crippen LogP contribution in [0.15, 0.2) is 4.52 Å². The van der Waals surface area contributed by atoms with Crippen molar-refractivity contribution in [1.82, 2.24) is 15.5 Å². The fourth-order valence-electron chi connectivity index (χ4n) is 3.91. The maximum Gasteiger partial charge on any atom is 0.229 e. The Morgan fingerprint density at radius 2 is 1.86 bits per heavy atom. The first kappa shape index (κ1) is 15.0. The number of nitrogens with zero attached hydrogens (tertiary/aromatic N) is 2. The van der Waals surface area contributed by atoms with E-state index in [1.165, 1.54) is 51.4 Å². The first-order valence-corrected chi connectivity index (χ1v) is 8.83. The van der Waals surface area contributed by atoms with Gasteiger partial charge in [0.1, 0.15) is 0 Å². The molecule has 0 amide bonds. The zero-order valence-electron chi connectivity index (χ0n) is 13.5. The van der Waals surface area contributed by atoms with Crippen LogP contribution < -0.4 is 5.32 Å². The monoisotopic (exact) mass is 291 g/mol. The lowest BCUT2D eigenvalue weighted by atomic mass is 9.86. The van der Waals surface area contributed by atoms with Crippen LogP contribution in [0.4, 0.5) is 0 Å². The molecule has 1 heterocycles. The van der Waals surface area contributed by atoms with Gasteiger partial charge in [-0.2, -0.15) is 4.98 Å². The average Bonchev–Trinajstić information content (AvgIpc) is 3.14. The molecule has 4 heteroatoms. The average molecular weight is 291 g/mol. The summed E-state index contributed by atoms with van der Waals surface area (Å²) in [6.45, 7) is 5.69. The normalized spacial score (nSPS) is 33.4. The number of rotatable bonds is 5. The van der Waals surface area contributed by atoms with Gasteiger partial charge in [0.2, 0.25) is 5.89 Å². The van der Waals surface area contributed by atoms with Gasteiger partial charge in [-0.3, -0.25) is 0 Å². The van der Waals surface area contributed by atoms with Crippen LogP contribution in [0, 0.1) is 5.92 Å². The van der Waals surface area contributed by atoms with Crippen molar-refractivity contribution in [1.29, 1.82) is 0 Å². The fourth-order valence-corrected chi connectivity index (χ4v) is 3.91. The quantitative estimate of drug-likeness (QED) is 0.891. The molecule has 1 N–H and O–H groups in total. The van der Waals surface area contributed by atoms with E-state index in [-0.39, 0.29) is 0 Å². The summed E-state index contributed by atoms with van der Waals surface area (Å²) in [4.78, 5) is 4.74. The molecule has 2 aliphatic carbocycles. The van der Waals surface area contributed by atoms with Crippen molar-refractivity contribution in [2.45, 2.75) is 83.1 Å². The van der Waals surface area contributed by atoms with Crippen molar-refractivity contribution >= 4 is 0 Å². The Labute approximate surface area is 128 Å². The van der Waals surface area contributed by atoms with Crippen molar-refractivity contribution in [3.63, 3.8) is 0 Å². The minimum Gasteiger partial charge on any atom is -0.339 e. The van der Waals surface area contributed by atoms with Gasteiger partial charge in [-0.25, -0.2) is 0 Å². The molecule has 2 fully saturated rings. The SMILES string of the molecule is CCCNC1CCC(c2nc(C3CCC(C)C3)no2)CC1. The van der Waals surface area contributed by atoms with Gasteiger partial charge >= 0.3 is 0 Å². The molecule has 2 unspecified atom stereocenters. The summed E-state index contributed by atoms with van der Waals surface area (Å²) in [5.74, 6) is 3.72. The fraction of sp³-hybridized carbons (Fsp3) is 0.882. The predicted octanol–water partition coefficient (Wildman–Crippen LogP) is 4.00. The van der Waals surface area contributed by atoms with Crippen LogP contribution >= 0.6 is 0 Å². The van der Waals surface area contributed by atoms with Crippen molar-refractivity contribution in [2.24, 2.45) is 5.92 Å². The van der Waals surface area contributed by atoms with Gasteiger partial charge in [-0.1, -0.05) is 19.0 Å². The van der Waals surface area contributed by atoms with Gasteiger partial charge in [0.05, 0.1) is 0 Å². The second kappa shape index (κ2) is 6.91. The molecule has 2 atom stereocenters. The van der Waals surface area contributed by atoms with Crippen LogP contribution in [0.3, 0.4) is 0 Å². The Morgan fingerprint density at radius 3 is 2.52 bits per heavy atom. The topological polar surface area (TPSA) is 51.0 Å². The standard InChI is InChI=1S/C17H29N3O/c1-3-10-18-15-8-6-13(7-9-15)17-19-16(20-21-17)14-5-4-12(2)11-14/h12-15,18H,3-11H2,1-2H3. The van der Waals surface area contributed by atoms with Crippen molar-refractivity contribution < 1.29 is 4.52 Å². The zero-order chi connectivity index (χ0) is 14.7. The molecule has 0 bridgehead atoms. The highest BCUT2D eigenvalue weighted by atomic mass is 16.5. The number of hydrogen-bond donors (Lipinski definition) is 1. The van der Waals surface area contributed by atoms with E-state index in [0.717, 1.165) is 24.2 Å². The Morgan fingerprint density at radius 1 is 1.10 bits per heavy atom. The molecule has 0 aliphatic heterocycles. The van der Waals surface area contributed by atoms with Crippen LogP contribution in [0.25, 0.3) is 0 Å². The minimum absolute atomic E-state index is 0.491. The lowest BCUT2D eigenvalue weighted by Gasteiger charge is -2.27. The van der Waals surface area contributed by atoms with E-state index in [1.54, 1.807) is 0 Å². The number of hydrogen-bond acceptors (Lipinski definition) is 4. The smallest absolute Gasteiger partial charge is 0.229 e. The molecule has 3 rings (SSSR count). The van der Waals surface area contributed by atoms with Crippen molar-refractivity contribution in [2.75, 3.05) is 6.54 Å². The molecular formula is C17H29N3O. The molecule has 0 spiro atoms. The second-order valence-electron chi connectivity index (χ2n) is 7.11. The summed E-state index contributed by atoms with van der Waals surface area (Å²) < 4.78 is 5.59. The minimum atomic E-state index is 0.491. The summed E-state index contributed by atoms with van der Waals surface area (Å²) in [5.41, 5.74) is 0. The summed E-state index contributed by atoms with van der Waals surface area (Å²) in [7, 11) is 0. The molecule has 1 aromatic rings. The van der Waals surface area contributed by atoms with E-state index in [0.29, 0.717) is 17.9 Å². The lowest BCUT2D eigenvalue weighted by Crippen LogP contribution is -2.33. The Hall–Kier alpha value is -0.900. The Kier molecular flexibility index (Phi) is 4.94. The molecule has 2 saturated carbocycles. The largest absolute Gasteiger partial charge is 0.339 e. The third-order valence-corrected chi connectivity index (χ3v) is 5.28. The molecule has 21 heavy (non-hydrogen) atoms. The third-order valence-electron chi connectivity index (χ3n) is 5.28. The third kappa shape index (κ3) is 3.65. The van der Waals surface area contributed by atoms with Gasteiger partial charge in [0, 0.05) is 17.9 Å². The first-order valence-electron chi connectivity index (χ1n) is 8.83. The number of nitrogens with one attached hydrogen (secondary N) is 1. The van der Waals surface area contributed by atoms with Crippen LogP contribution in [-0.4, -0.2) is 22.7 Å². The zero-order valence-corrected chi connectivity index (χ0v) is 13.5. The molecule has 1 aromatic heterocycles. The van der Waals surface area contributed by atoms with E-state index in [2.05, 4.69) is 24.3 Å². The Bertz CT molecular complexity index is 437. The van der Waals surface area contributed by atoms with Gasteiger partial charge in [0.25, 0.3) is 0 Å². The summed E-state index contributed by atoms with van der Waals surface area (Å²) in [5, 5.41) is 7.91. The van der Waals surface area contributed by atoms with E-state index >= 15 is 0 Å². The number of aromatic nitrogens is 2. The second-order valence-corrected chi connectivity index (χ2v) is 7.11. The van der Waals surface area contributed by atoms with Crippen LogP contribution in [0.5, 0.6) is 0 Å². The molecule has 0 radical (unpaired) electrons. The first-order chi connectivity index (χ1) is 10.3. The lowest BCUT2D eigenvalue weighted by molar-refractivity contribution is 0.282. The highest BCUT2D eigenvalue weighted by Gasteiger charge is 2.30. The molecule has 0 saturated heterocycles. The van der Waals surface area contributed by atoms with Gasteiger partial charge in [-0.05, 0) is 63.8 Å². The van der Waals surface area contributed by atoms with Crippen LogP contribution in [0.1, 0.15) is 88.8 Å². The van der Waals surface area contributed by atoms with Crippen LogP contribution in [-0.2, 0) is 0 Å². The molecule has 118 valence electrons. The van der Waals surface area contributed by atoms with Gasteiger partial charge in [0.15, 0.2) is 5.82 Å². The predicted molar refractivity (Wildman–Crippen MR) is 83.3 cm³/mol. The van der Waals surface area contributed by atoms with E-state index < -0.39 is 0 Å². The van der Waals surface area contributed by atoms with E-state index in [9.17, 15) is 0 Å². The maximum atomic E-state index is 5.59. The highest BCUT2D eigenvalue weighted by Crippen LogP contribution is 2.38. The molecule has 2 aliphatic rings. The molecular weight excluding hydrogens is 262 g/mol.